The van der Waals surface area contributed by atoms with Gasteiger partial charge in [0, 0.05) is 37.4 Å². The largest absolute Gasteiger partial charge is 0.417 e. The molecule has 0 spiro atoms. The van der Waals surface area contributed by atoms with E-state index in [1.54, 1.807) is 15.9 Å². The molecule has 2 heterocycles. The molecule has 0 aliphatic carbocycles. The van der Waals surface area contributed by atoms with Gasteiger partial charge >= 0.3 is 6.18 Å². The van der Waals surface area contributed by atoms with Crippen molar-refractivity contribution in [3.05, 3.63) is 52.7 Å². The number of nitrogens with one attached hydrogen (secondary N) is 2. The summed E-state index contributed by atoms with van der Waals surface area (Å²) in [5.74, 6) is -0.136. The van der Waals surface area contributed by atoms with Crippen molar-refractivity contribution in [2.75, 3.05) is 43.9 Å². The SMILES string of the molecule is CN(C)CC(=O)Nc1cccc(CNC(=O)C2CCN(c3ncc(C(F)(F)F)cc3Cl)CC2)c1. The van der Waals surface area contributed by atoms with Crippen molar-refractivity contribution in [1.82, 2.24) is 15.2 Å². The molecule has 34 heavy (non-hydrogen) atoms. The Bertz CT molecular complexity index is 1020. The number of anilines is 2. The lowest BCUT2D eigenvalue weighted by Crippen LogP contribution is -2.40. The number of hydrogen-bond donors (Lipinski definition) is 2. The maximum atomic E-state index is 12.8. The maximum Gasteiger partial charge on any atom is 0.417 e. The van der Waals surface area contributed by atoms with Crippen molar-refractivity contribution < 1.29 is 22.8 Å². The van der Waals surface area contributed by atoms with Gasteiger partial charge in [0.05, 0.1) is 17.1 Å². The maximum absolute atomic E-state index is 12.8. The minimum Gasteiger partial charge on any atom is -0.355 e. The van der Waals surface area contributed by atoms with E-state index in [1.165, 1.54) is 0 Å². The van der Waals surface area contributed by atoms with Crippen molar-refractivity contribution in [2.24, 2.45) is 5.92 Å². The Morgan fingerprint density at radius 2 is 1.91 bits per heavy atom. The topological polar surface area (TPSA) is 77.6 Å². The van der Waals surface area contributed by atoms with E-state index >= 15 is 0 Å². The summed E-state index contributed by atoms with van der Waals surface area (Å²) >= 11 is 6.04. The van der Waals surface area contributed by atoms with Gasteiger partial charge < -0.3 is 20.4 Å². The van der Waals surface area contributed by atoms with Crippen LogP contribution in [0.3, 0.4) is 0 Å². The monoisotopic (exact) mass is 497 g/mol. The molecule has 2 amide bonds. The smallest absolute Gasteiger partial charge is 0.355 e. The number of aromatic nitrogens is 1. The number of amides is 2. The highest BCUT2D eigenvalue weighted by atomic mass is 35.5. The number of benzene rings is 1. The standard InChI is InChI=1S/C23H27ClF3N5O2/c1-31(2)14-20(33)30-18-5-3-4-15(10-18)12-29-22(34)16-6-8-32(9-7-16)21-19(24)11-17(13-28-21)23(25,26)27/h3-5,10-11,13,16H,6-9,12,14H2,1-2H3,(H,29,34)(H,30,33). The molecule has 1 aliphatic heterocycles. The quantitative estimate of drug-likeness (QED) is 0.608. The van der Waals surface area contributed by atoms with E-state index in [2.05, 4.69) is 15.6 Å². The summed E-state index contributed by atoms with van der Waals surface area (Å²) < 4.78 is 38.5. The van der Waals surface area contributed by atoms with Crippen LogP contribution in [0, 0.1) is 5.92 Å². The second-order valence-electron chi connectivity index (χ2n) is 8.49. The van der Waals surface area contributed by atoms with Gasteiger partial charge in [-0.25, -0.2) is 4.98 Å². The Balaban J connectivity index is 1.50. The molecule has 0 atom stereocenters. The van der Waals surface area contributed by atoms with Crippen molar-refractivity contribution in [3.63, 3.8) is 0 Å². The molecule has 1 aromatic heterocycles. The zero-order chi connectivity index (χ0) is 24.9. The van der Waals surface area contributed by atoms with E-state index in [0.717, 1.165) is 17.8 Å². The Morgan fingerprint density at radius 3 is 2.53 bits per heavy atom. The van der Waals surface area contributed by atoms with Gasteiger partial charge in [-0.15, -0.1) is 0 Å². The zero-order valence-electron chi connectivity index (χ0n) is 19.0. The number of nitrogens with zero attached hydrogens (tertiary/aromatic N) is 3. The van der Waals surface area contributed by atoms with Crippen LogP contribution in [0.25, 0.3) is 0 Å². The lowest BCUT2D eigenvalue weighted by Gasteiger charge is -2.32. The summed E-state index contributed by atoms with van der Waals surface area (Å²) in [6.07, 6.45) is -2.66. The molecule has 1 aliphatic rings. The molecule has 0 bridgehead atoms. The highest BCUT2D eigenvalue weighted by molar-refractivity contribution is 6.33. The molecule has 184 valence electrons. The highest BCUT2D eigenvalue weighted by Crippen LogP contribution is 2.34. The van der Waals surface area contributed by atoms with E-state index < -0.39 is 11.7 Å². The number of alkyl halides is 3. The van der Waals surface area contributed by atoms with Crippen molar-refractivity contribution >= 4 is 34.9 Å². The fourth-order valence-corrected chi connectivity index (χ4v) is 4.04. The van der Waals surface area contributed by atoms with Crippen LogP contribution in [-0.2, 0) is 22.3 Å². The van der Waals surface area contributed by atoms with Crippen LogP contribution in [0.1, 0.15) is 24.0 Å². The van der Waals surface area contributed by atoms with Gasteiger partial charge in [0.1, 0.15) is 5.82 Å². The third-order valence-electron chi connectivity index (χ3n) is 5.45. The van der Waals surface area contributed by atoms with E-state index in [1.807, 2.05) is 32.3 Å². The predicted octanol–water partition coefficient (Wildman–Crippen LogP) is 3.79. The van der Waals surface area contributed by atoms with Crippen LogP contribution < -0.4 is 15.5 Å². The van der Waals surface area contributed by atoms with Crippen LogP contribution in [-0.4, -0.2) is 55.4 Å². The first-order chi connectivity index (χ1) is 16.0. The number of carbonyl (C=O) groups is 2. The molecule has 2 N–H and O–H groups in total. The average molecular weight is 498 g/mol. The highest BCUT2D eigenvalue weighted by Gasteiger charge is 2.33. The molecule has 1 aromatic carbocycles. The summed E-state index contributed by atoms with van der Waals surface area (Å²) in [6.45, 7) is 1.52. The normalized spacial score (nSPS) is 14.9. The Labute approximate surface area is 201 Å². The Hall–Kier alpha value is -2.85. The molecule has 2 aromatic rings. The second kappa shape index (κ2) is 11.1. The molecular weight excluding hydrogens is 471 g/mol. The van der Waals surface area contributed by atoms with Crippen LogP contribution in [0.5, 0.6) is 0 Å². The first kappa shape index (κ1) is 25.8. The van der Waals surface area contributed by atoms with Crippen LogP contribution >= 0.6 is 11.6 Å². The fourth-order valence-electron chi connectivity index (χ4n) is 3.75. The van der Waals surface area contributed by atoms with E-state index in [9.17, 15) is 22.8 Å². The molecule has 1 saturated heterocycles. The third kappa shape index (κ3) is 7.07. The lowest BCUT2D eigenvalue weighted by atomic mass is 9.95. The average Bonchev–Trinajstić information content (AvgIpc) is 2.76. The summed E-state index contributed by atoms with van der Waals surface area (Å²) in [6, 6.07) is 8.15. The van der Waals surface area contributed by atoms with Gasteiger partial charge in [-0.1, -0.05) is 23.7 Å². The first-order valence-electron chi connectivity index (χ1n) is 10.8. The minimum atomic E-state index is -4.50. The number of pyridine rings is 1. The molecule has 11 heteroatoms. The van der Waals surface area contributed by atoms with Crippen LogP contribution in [0.2, 0.25) is 5.02 Å². The summed E-state index contributed by atoms with van der Waals surface area (Å²) in [5.41, 5.74) is 0.624. The molecular formula is C23H27ClF3N5O2. The minimum absolute atomic E-state index is 0.0599. The number of halogens is 4. The molecule has 3 rings (SSSR count). The van der Waals surface area contributed by atoms with E-state index in [4.69, 9.17) is 11.6 Å². The number of hydrogen-bond acceptors (Lipinski definition) is 5. The van der Waals surface area contributed by atoms with Crippen molar-refractivity contribution in [3.8, 4) is 0 Å². The second-order valence-corrected chi connectivity index (χ2v) is 8.90. The van der Waals surface area contributed by atoms with Gasteiger partial charge in [-0.2, -0.15) is 13.2 Å². The van der Waals surface area contributed by atoms with Gasteiger partial charge in [-0.3, -0.25) is 9.59 Å². The van der Waals surface area contributed by atoms with Crippen molar-refractivity contribution in [1.29, 1.82) is 0 Å². The number of rotatable bonds is 7. The molecule has 0 saturated carbocycles. The summed E-state index contributed by atoms with van der Waals surface area (Å²) in [7, 11) is 3.62. The Kier molecular flexibility index (Phi) is 8.37. The number of carbonyl (C=O) groups excluding carboxylic acids is 2. The van der Waals surface area contributed by atoms with Gasteiger partial charge in [0.2, 0.25) is 11.8 Å². The third-order valence-corrected chi connectivity index (χ3v) is 5.73. The van der Waals surface area contributed by atoms with E-state index in [0.29, 0.717) is 44.0 Å². The lowest BCUT2D eigenvalue weighted by molar-refractivity contribution is -0.137. The van der Waals surface area contributed by atoms with Gasteiger partial charge in [-0.05, 0) is 50.7 Å². The fraction of sp³-hybridized carbons (Fsp3) is 0.435. The summed E-state index contributed by atoms with van der Waals surface area (Å²) in [5, 5.41) is 5.69. The summed E-state index contributed by atoms with van der Waals surface area (Å²) in [4.78, 5) is 32.0. The molecule has 7 nitrogen and oxygen atoms in total. The van der Waals surface area contributed by atoms with Gasteiger partial charge in [0.15, 0.2) is 0 Å². The van der Waals surface area contributed by atoms with Crippen LogP contribution in [0.4, 0.5) is 24.7 Å². The number of piperidine rings is 1. The molecule has 1 fully saturated rings. The zero-order valence-corrected chi connectivity index (χ0v) is 19.7. The van der Waals surface area contributed by atoms with Crippen molar-refractivity contribution in [2.45, 2.75) is 25.6 Å². The first-order valence-corrected chi connectivity index (χ1v) is 11.2. The molecule has 0 radical (unpaired) electrons. The Morgan fingerprint density at radius 1 is 1.21 bits per heavy atom. The van der Waals surface area contributed by atoms with Gasteiger partial charge in [0.25, 0.3) is 0 Å². The number of likely N-dealkylation sites (N-methyl/N-ethyl adjacent to an activating group) is 1. The molecule has 0 unspecified atom stereocenters. The van der Waals surface area contributed by atoms with Crippen LogP contribution in [0.15, 0.2) is 36.5 Å². The van der Waals surface area contributed by atoms with E-state index in [-0.39, 0.29) is 29.3 Å². The predicted molar refractivity (Wildman–Crippen MR) is 125 cm³/mol.